The third kappa shape index (κ3) is 2.15. The van der Waals surface area contributed by atoms with Crippen molar-refractivity contribution in [2.45, 2.75) is 32.1 Å². The summed E-state index contributed by atoms with van der Waals surface area (Å²) in [6, 6.07) is 5.61. The molecule has 4 heteroatoms. The summed E-state index contributed by atoms with van der Waals surface area (Å²) in [6.45, 7) is 0. The Hall–Kier alpha value is -1.71. The molecule has 0 heterocycles. The van der Waals surface area contributed by atoms with Crippen LogP contribution in [0.3, 0.4) is 0 Å². The maximum atomic E-state index is 12.8. The Morgan fingerprint density at radius 2 is 1.79 bits per heavy atom. The van der Waals surface area contributed by atoms with E-state index in [1.807, 2.05) is 0 Å². The molecular weight excluding hydrogens is 245 g/mol. The van der Waals surface area contributed by atoms with Gasteiger partial charge in [0.2, 0.25) is 5.91 Å². The van der Waals surface area contributed by atoms with Gasteiger partial charge in [-0.15, -0.1) is 0 Å². The number of Topliss-reactive ketones (excluding diaryl/α,β-unsaturated/α-hetero) is 1. The Labute approximate surface area is 111 Å². The molecule has 0 spiro atoms. The molecule has 0 unspecified atom stereocenters. The second-order valence-electron chi connectivity index (χ2n) is 5.54. The van der Waals surface area contributed by atoms with E-state index in [0.29, 0.717) is 18.5 Å². The van der Waals surface area contributed by atoms with Crippen molar-refractivity contribution in [3.05, 3.63) is 30.1 Å². The minimum absolute atomic E-state index is 0.0847. The molecule has 1 amide bonds. The van der Waals surface area contributed by atoms with Crippen molar-refractivity contribution in [2.75, 3.05) is 5.32 Å². The van der Waals surface area contributed by atoms with Crippen LogP contribution in [0.5, 0.6) is 0 Å². The van der Waals surface area contributed by atoms with E-state index in [4.69, 9.17) is 0 Å². The molecule has 1 aromatic carbocycles. The fourth-order valence-electron chi connectivity index (χ4n) is 2.56. The van der Waals surface area contributed by atoms with E-state index in [9.17, 15) is 14.0 Å². The predicted molar refractivity (Wildman–Crippen MR) is 69.0 cm³/mol. The van der Waals surface area contributed by atoms with Crippen LogP contribution in [0.25, 0.3) is 0 Å². The van der Waals surface area contributed by atoms with E-state index < -0.39 is 5.41 Å². The molecule has 0 aliphatic heterocycles. The smallest absolute Gasteiger partial charge is 0.238 e. The number of ketones is 1. The summed E-state index contributed by atoms with van der Waals surface area (Å²) in [6.07, 6.45) is 4.23. The first-order valence-electron chi connectivity index (χ1n) is 6.73. The molecule has 3 nitrogen and oxygen atoms in total. The average molecular weight is 261 g/mol. The Morgan fingerprint density at radius 3 is 2.26 bits per heavy atom. The SMILES string of the molecule is O=C(Nc1ccc(F)cc1)C1(C(=O)C2CCC2)CC1. The van der Waals surface area contributed by atoms with Crippen LogP contribution >= 0.6 is 0 Å². The predicted octanol–water partition coefficient (Wildman–Crippen LogP) is 2.91. The van der Waals surface area contributed by atoms with Crippen LogP contribution in [0, 0.1) is 17.2 Å². The molecule has 0 saturated heterocycles. The number of rotatable bonds is 4. The number of anilines is 1. The third-order valence-electron chi connectivity index (χ3n) is 4.23. The second kappa shape index (κ2) is 4.44. The normalized spacial score (nSPS) is 20.5. The highest BCUT2D eigenvalue weighted by atomic mass is 19.1. The van der Waals surface area contributed by atoms with E-state index in [0.717, 1.165) is 19.3 Å². The number of amides is 1. The Bertz CT molecular complexity index is 515. The molecular formula is C15H16FNO2. The zero-order valence-electron chi connectivity index (χ0n) is 10.6. The van der Waals surface area contributed by atoms with E-state index in [1.165, 1.54) is 24.3 Å². The molecule has 1 aromatic rings. The van der Waals surface area contributed by atoms with Gasteiger partial charge < -0.3 is 5.32 Å². The lowest BCUT2D eigenvalue weighted by molar-refractivity contribution is -0.137. The highest BCUT2D eigenvalue weighted by Gasteiger charge is 2.58. The fourth-order valence-corrected chi connectivity index (χ4v) is 2.56. The summed E-state index contributed by atoms with van der Waals surface area (Å²) < 4.78 is 12.8. The molecule has 2 aliphatic carbocycles. The van der Waals surface area contributed by atoms with Crippen LogP contribution in [0.2, 0.25) is 0 Å². The number of benzene rings is 1. The first-order valence-corrected chi connectivity index (χ1v) is 6.73. The van der Waals surface area contributed by atoms with Crippen molar-refractivity contribution >= 4 is 17.4 Å². The fraction of sp³-hybridized carbons (Fsp3) is 0.467. The van der Waals surface area contributed by atoms with Gasteiger partial charge in [0.05, 0.1) is 0 Å². The van der Waals surface area contributed by atoms with Gasteiger partial charge in [-0.25, -0.2) is 4.39 Å². The van der Waals surface area contributed by atoms with Gasteiger partial charge in [0.15, 0.2) is 5.78 Å². The molecule has 19 heavy (non-hydrogen) atoms. The van der Waals surface area contributed by atoms with Crippen LogP contribution < -0.4 is 5.32 Å². The van der Waals surface area contributed by atoms with Gasteiger partial charge in [0.1, 0.15) is 11.2 Å². The Balaban J connectivity index is 1.69. The molecule has 1 N–H and O–H groups in total. The Morgan fingerprint density at radius 1 is 1.16 bits per heavy atom. The van der Waals surface area contributed by atoms with Crippen molar-refractivity contribution in [3.8, 4) is 0 Å². The molecule has 100 valence electrons. The lowest BCUT2D eigenvalue weighted by Gasteiger charge is -2.27. The zero-order valence-corrected chi connectivity index (χ0v) is 10.6. The average Bonchev–Trinajstić information content (AvgIpc) is 3.11. The monoisotopic (exact) mass is 261 g/mol. The molecule has 2 fully saturated rings. The van der Waals surface area contributed by atoms with Crippen LogP contribution in [-0.2, 0) is 9.59 Å². The summed E-state index contributed by atoms with van der Waals surface area (Å²) >= 11 is 0. The lowest BCUT2D eigenvalue weighted by Crippen LogP contribution is -2.38. The summed E-state index contributed by atoms with van der Waals surface area (Å²) in [5, 5.41) is 2.73. The zero-order chi connectivity index (χ0) is 13.5. The largest absolute Gasteiger partial charge is 0.325 e. The third-order valence-corrected chi connectivity index (χ3v) is 4.23. The molecule has 0 atom stereocenters. The summed E-state index contributed by atoms with van der Waals surface area (Å²) in [7, 11) is 0. The van der Waals surface area contributed by atoms with E-state index >= 15 is 0 Å². The van der Waals surface area contributed by atoms with Gasteiger partial charge in [0.25, 0.3) is 0 Å². The summed E-state index contributed by atoms with van der Waals surface area (Å²) in [5.74, 6) is -0.375. The van der Waals surface area contributed by atoms with Crippen molar-refractivity contribution < 1.29 is 14.0 Å². The molecule has 3 rings (SSSR count). The van der Waals surface area contributed by atoms with Crippen LogP contribution in [-0.4, -0.2) is 11.7 Å². The molecule has 2 aliphatic rings. The van der Waals surface area contributed by atoms with Crippen molar-refractivity contribution in [3.63, 3.8) is 0 Å². The quantitative estimate of drug-likeness (QED) is 0.847. The lowest BCUT2D eigenvalue weighted by atomic mass is 9.76. The van der Waals surface area contributed by atoms with Gasteiger partial charge in [-0.05, 0) is 49.9 Å². The number of halogens is 1. The first-order chi connectivity index (χ1) is 9.12. The van der Waals surface area contributed by atoms with Crippen LogP contribution in [0.4, 0.5) is 10.1 Å². The molecule has 2 saturated carbocycles. The van der Waals surface area contributed by atoms with E-state index in [1.54, 1.807) is 0 Å². The number of nitrogens with one attached hydrogen (secondary N) is 1. The molecule has 0 aromatic heterocycles. The van der Waals surface area contributed by atoms with Gasteiger partial charge in [-0.3, -0.25) is 9.59 Å². The first kappa shape index (κ1) is 12.3. The topological polar surface area (TPSA) is 46.2 Å². The number of hydrogen-bond donors (Lipinski definition) is 1. The number of carbonyl (C=O) groups is 2. The van der Waals surface area contributed by atoms with Crippen LogP contribution in [0.15, 0.2) is 24.3 Å². The highest BCUT2D eigenvalue weighted by Crippen LogP contribution is 2.51. The maximum absolute atomic E-state index is 12.8. The standard InChI is InChI=1S/C15H16FNO2/c16-11-4-6-12(7-5-11)17-14(19)15(8-9-15)13(18)10-2-1-3-10/h4-7,10H,1-3,8-9H2,(H,17,19). The van der Waals surface area contributed by atoms with Crippen molar-refractivity contribution in [1.82, 2.24) is 0 Å². The molecule has 0 radical (unpaired) electrons. The number of carbonyl (C=O) groups excluding carboxylic acids is 2. The van der Waals surface area contributed by atoms with Crippen molar-refractivity contribution in [1.29, 1.82) is 0 Å². The number of hydrogen-bond acceptors (Lipinski definition) is 2. The molecule has 0 bridgehead atoms. The van der Waals surface area contributed by atoms with Gasteiger partial charge in [0, 0.05) is 11.6 Å². The van der Waals surface area contributed by atoms with E-state index in [2.05, 4.69) is 5.32 Å². The summed E-state index contributed by atoms with van der Waals surface area (Å²) in [4.78, 5) is 24.5. The van der Waals surface area contributed by atoms with Crippen molar-refractivity contribution in [2.24, 2.45) is 11.3 Å². The van der Waals surface area contributed by atoms with Gasteiger partial charge in [-0.1, -0.05) is 6.42 Å². The second-order valence-corrected chi connectivity index (χ2v) is 5.54. The summed E-state index contributed by atoms with van der Waals surface area (Å²) in [5.41, 5.74) is -0.251. The van der Waals surface area contributed by atoms with E-state index in [-0.39, 0.29) is 23.4 Å². The van der Waals surface area contributed by atoms with Gasteiger partial charge in [-0.2, -0.15) is 0 Å². The minimum Gasteiger partial charge on any atom is -0.325 e. The van der Waals surface area contributed by atoms with Crippen LogP contribution in [0.1, 0.15) is 32.1 Å². The minimum atomic E-state index is -0.792. The highest BCUT2D eigenvalue weighted by molar-refractivity contribution is 6.14. The van der Waals surface area contributed by atoms with Gasteiger partial charge >= 0.3 is 0 Å². The Kier molecular flexibility index (Phi) is 2.88. The maximum Gasteiger partial charge on any atom is 0.238 e.